The Bertz CT molecular complexity index is 733. The van der Waals surface area contributed by atoms with Crippen molar-refractivity contribution in [1.29, 1.82) is 5.26 Å². The predicted molar refractivity (Wildman–Crippen MR) is 75.9 cm³/mol. The molecule has 3 rings (SSSR count). The summed E-state index contributed by atoms with van der Waals surface area (Å²) in [7, 11) is 0. The van der Waals surface area contributed by atoms with Crippen molar-refractivity contribution >= 4 is 11.2 Å². The minimum atomic E-state index is 0.679. The van der Waals surface area contributed by atoms with Gasteiger partial charge in [-0.05, 0) is 48.5 Å². The lowest BCUT2D eigenvalue weighted by Crippen LogP contribution is -2.02. The van der Waals surface area contributed by atoms with Gasteiger partial charge in [-0.15, -0.1) is 0 Å². The number of nitriles is 1. The molecule has 0 saturated heterocycles. The molecule has 0 fully saturated rings. The normalized spacial score (nSPS) is 10.3. The Morgan fingerprint density at radius 1 is 1.00 bits per heavy atom. The molecule has 92 valence electrons. The van der Waals surface area contributed by atoms with Crippen LogP contribution in [0, 0.1) is 11.3 Å². The molecule has 0 bridgehead atoms. The summed E-state index contributed by atoms with van der Waals surface area (Å²) in [6, 6.07) is 20.0. The second-order valence-corrected chi connectivity index (χ2v) is 4.36. The monoisotopic (exact) mass is 247 g/mol. The minimum Gasteiger partial charge on any atom is -0.379 e. The molecule has 0 radical (unpaired) electrons. The average molecular weight is 247 g/mol. The van der Waals surface area contributed by atoms with Crippen molar-refractivity contribution < 1.29 is 0 Å². The van der Waals surface area contributed by atoms with Crippen LogP contribution in [0.5, 0.6) is 0 Å². The molecule has 0 aliphatic carbocycles. The maximum atomic E-state index is 8.75. The van der Waals surface area contributed by atoms with E-state index in [-0.39, 0.29) is 0 Å². The highest BCUT2D eigenvalue weighted by Crippen LogP contribution is 2.13. The van der Waals surface area contributed by atoms with Crippen LogP contribution in [-0.2, 0) is 6.54 Å². The first-order valence-corrected chi connectivity index (χ1v) is 6.16. The van der Waals surface area contributed by atoms with E-state index in [2.05, 4.69) is 40.2 Å². The van der Waals surface area contributed by atoms with Gasteiger partial charge >= 0.3 is 0 Å². The fourth-order valence-electron chi connectivity index (χ4n) is 2.11. The molecule has 19 heavy (non-hydrogen) atoms. The summed E-state index contributed by atoms with van der Waals surface area (Å²) in [6.07, 6.45) is 2.06. The molecule has 0 unspecified atom stereocenters. The topological polar surface area (TPSA) is 40.2 Å². The van der Waals surface area contributed by atoms with E-state index in [1.165, 1.54) is 11.2 Å². The van der Waals surface area contributed by atoms with Crippen molar-refractivity contribution in [3.05, 3.63) is 72.1 Å². The Morgan fingerprint density at radius 2 is 1.84 bits per heavy atom. The number of nitrogens with zero attached hydrogens (tertiary/aromatic N) is 2. The van der Waals surface area contributed by atoms with E-state index < -0.39 is 0 Å². The van der Waals surface area contributed by atoms with Crippen LogP contribution in [0.1, 0.15) is 11.3 Å². The molecule has 0 spiro atoms. The van der Waals surface area contributed by atoms with Gasteiger partial charge in [0.2, 0.25) is 0 Å². The standard InChI is InChI=1S/C16H13N3/c17-11-13-4-6-14(7-5-13)18-12-16-9-8-15-3-1-2-10-19(15)16/h1-10,18H,12H2. The molecule has 1 N–H and O–H groups in total. The maximum absolute atomic E-state index is 8.75. The van der Waals surface area contributed by atoms with Gasteiger partial charge in [0.05, 0.1) is 18.2 Å². The van der Waals surface area contributed by atoms with Gasteiger partial charge in [-0.1, -0.05) is 6.07 Å². The van der Waals surface area contributed by atoms with Gasteiger partial charge in [0.25, 0.3) is 0 Å². The number of aromatic nitrogens is 1. The number of rotatable bonds is 3. The molecule has 0 aliphatic heterocycles. The zero-order valence-electron chi connectivity index (χ0n) is 10.4. The smallest absolute Gasteiger partial charge is 0.0991 e. The first kappa shape index (κ1) is 11.4. The number of nitrogens with one attached hydrogen (secondary N) is 1. The number of hydrogen-bond donors (Lipinski definition) is 1. The molecule has 2 aromatic heterocycles. The predicted octanol–water partition coefficient (Wildman–Crippen LogP) is 3.42. The fraction of sp³-hybridized carbons (Fsp3) is 0.0625. The third-order valence-electron chi connectivity index (χ3n) is 3.13. The van der Waals surface area contributed by atoms with Crippen LogP contribution in [0.4, 0.5) is 5.69 Å². The van der Waals surface area contributed by atoms with E-state index >= 15 is 0 Å². The highest BCUT2D eigenvalue weighted by atomic mass is 14.9. The summed E-state index contributed by atoms with van der Waals surface area (Å²) in [5, 5.41) is 12.1. The van der Waals surface area contributed by atoms with E-state index in [4.69, 9.17) is 5.26 Å². The molecular weight excluding hydrogens is 234 g/mol. The third-order valence-corrected chi connectivity index (χ3v) is 3.13. The summed E-state index contributed by atoms with van der Waals surface area (Å²) < 4.78 is 2.16. The molecule has 1 aromatic carbocycles. The number of anilines is 1. The van der Waals surface area contributed by atoms with Crippen LogP contribution >= 0.6 is 0 Å². The second-order valence-electron chi connectivity index (χ2n) is 4.36. The Morgan fingerprint density at radius 3 is 2.63 bits per heavy atom. The van der Waals surface area contributed by atoms with Crippen LogP contribution in [0.25, 0.3) is 5.52 Å². The Hall–Kier alpha value is -2.73. The molecule has 3 nitrogen and oxygen atoms in total. The van der Waals surface area contributed by atoms with Crippen LogP contribution in [0.3, 0.4) is 0 Å². The number of benzene rings is 1. The lowest BCUT2D eigenvalue weighted by molar-refractivity contribution is 1.00. The molecule has 0 aliphatic rings. The minimum absolute atomic E-state index is 0.679. The molecule has 3 aromatic rings. The fourth-order valence-corrected chi connectivity index (χ4v) is 2.11. The van der Waals surface area contributed by atoms with Gasteiger partial charge in [-0.3, -0.25) is 0 Å². The Kier molecular flexibility index (Phi) is 2.91. The van der Waals surface area contributed by atoms with Crippen molar-refractivity contribution in [1.82, 2.24) is 4.40 Å². The van der Waals surface area contributed by atoms with Gasteiger partial charge in [0.15, 0.2) is 0 Å². The van der Waals surface area contributed by atoms with E-state index in [0.717, 1.165) is 12.2 Å². The molecule has 0 amide bonds. The van der Waals surface area contributed by atoms with Crippen LogP contribution in [0.15, 0.2) is 60.8 Å². The zero-order chi connectivity index (χ0) is 13.1. The lowest BCUT2D eigenvalue weighted by Gasteiger charge is -2.07. The zero-order valence-corrected chi connectivity index (χ0v) is 10.4. The van der Waals surface area contributed by atoms with Gasteiger partial charge in [-0.2, -0.15) is 5.26 Å². The molecule has 0 saturated carbocycles. The molecule has 2 heterocycles. The first-order chi connectivity index (χ1) is 9.36. The SMILES string of the molecule is N#Cc1ccc(NCc2ccc3ccccn23)cc1. The van der Waals surface area contributed by atoms with Crippen LogP contribution in [-0.4, -0.2) is 4.40 Å². The number of hydrogen-bond acceptors (Lipinski definition) is 2. The van der Waals surface area contributed by atoms with Gasteiger partial charge in [0, 0.05) is 23.1 Å². The highest BCUT2D eigenvalue weighted by molar-refractivity contribution is 5.51. The van der Waals surface area contributed by atoms with Crippen molar-refractivity contribution in [2.45, 2.75) is 6.54 Å². The third kappa shape index (κ3) is 2.29. The maximum Gasteiger partial charge on any atom is 0.0991 e. The molecule has 3 heteroatoms. The van der Waals surface area contributed by atoms with E-state index in [0.29, 0.717) is 5.56 Å². The summed E-state index contributed by atoms with van der Waals surface area (Å²) in [6.45, 7) is 0.754. The van der Waals surface area contributed by atoms with Crippen molar-refractivity contribution in [2.24, 2.45) is 0 Å². The van der Waals surface area contributed by atoms with Crippen LogP contribution in [0.2, 0.25) is 0 Å². The van der Waals surface area contributed by atoms with Gasteiger partial charge in [-0.25, -0.2) is 0 Å². The summed E-state index contributed by atoms with van der Waals surface area (Å²) in [5.41, 5.74) is 4.10. The van der Waals surface area contributed by atoms with E-state index in [1.54, 1.807) is 0 Å². The number of fused-ring (bicyclic) bond motifs is 1. The van der Waals surface area contributed by atoms with Gasteiger partial charge in [0.1, 0.15) is 0 Å². The molecule has 0 atom stereocenters. The van der Waals surface area contributed by atoms with E-state index in [9.17, 15) is 0 Å². The first-order valence-electron chi connectivity index (χ1n) is 6.16. The van der Waals surface area contributed by atoms with Crippen molar-refractivity contribution in [2.75, 3.05) is 5.32 Å². The van der Waals surface area contributed by atoms with Crippen molar-refractivity contribution in [3.63, 3.8) is 0 Å². The summed E-state index contributed by atoms with van der Waals surface area (Å²) in [5.74, 6) is 0. The molecular formula is C16H13N3. The Balaban J connectivity index is 1.77. The van der Waals surface area contributed by atoms with Crippen LogP contribution < -0.4 is 5.32 Å². The second kappa shape index (κ2) is 4.87. The lowest BCUT2D eigenvalue weighted by atomic mass is 10.2. The summed E-state index contributed by atoms with van der Waals surface area (Å²) >= 11 is 0. The summed E-state index contributed by atoms with van der Waals surface area (Å²) in [4.78, 5) is 0. The van der Waals surface area contributed by atoms with Crippen molar-refractivity contribution in [3.8, 4) is 6.07 Å². The quantitative estimate of drug-likeness (QED) is 0.770. The largest absolute Gasteiger partial charge is 0.379 e. The number of pyridine rings is 1. The van der Waals surface area contributed by atoms with Gasteiger partial charge < -0.3 is 9.72 Å². The van der Waals surface area contributed by atoms with E-state index in [1.807, 2.05) is 36.4 Å². The average Bonchev–Trinajstić information content (AvgIpc) is 2.89. The Labute approximate surface area is 111 Å². The highest BCUT2D eigenvalue weighted by Gasteiger charge is 2.00.